The predicted octanol–water partition coefficient (Wildman–Crippen LogP) is 3.55. The molecule has 1 heterocycles. The SMILES string of the molecule is CCC1CCC(Nc2nc(Cl)ccc2N)C1C. The van der Waals surface area contributed by atoms with E-state index in [2.05, 4.69) is 24.1 Å². The first kappa shape index (κ1) is 12.5. The summed E-state index contributed by atoms with van der Waals surface area (Å²) in [5, 5.41) is 3.93. The van der Waals surface area contributed by atoms with Gasteiger partial charge >= 0.3 is 0 Å². The minimum atomic E-state index is 0.466. The minimum absolute atomic E-state index is 0.466. The lowest BCUT2D eigenvalue weighted by Gasteiger charge is -2.22. The molecule has 17 heavy (non-hydrogen) atoms. The van der Waals surface area contributed by atoms with Crippen LogP contribution in [0, 0.1) is 11.8 Å². The Morgan fingerprint density at radius 3 is 2.88 bits per heavy atom. The van der Waals surface area contributed by atoms with E-state index in [1.54, 1.807) is 12.1 Å². The molecule has 0 bridgehead atoms. The van der Waals surface area contributed by atoms with Gasteiger partial charge in [0.15, 0.2) is 5.82 Å². The Labute approximate surface area is 108 Å². The van der Waals surface area contributed by atoms with Gasteiger partial charge in [0.05, 0.1) is 5.69 Å². The van der Waals surface area contributed by atoms with Crippen LogP contribution >= 0.6 is 11.6 Å². The van der Waals surface area contributed by atoms with E-state index in [0.29, 0.717) is 22.8 Å². The molecule has 0 radical (unpaired) electrons. The zero-order valence-corrected chi connectivity index (χ0v) is 11.2. The molecule has 3 unspecified atom stereocenters. The van der Waals surface area contributed by atoms with Crippen LogP contribution in [-0.4, -0.2) is 11.0 Å². The molecule has 0 saturated heterocycles. The third kappa shape index (κ3) is 2.65. The summed E-state index contributed by atoms with van der Waals surface area (Å²) in [6.07, 6.45) is 3.72. The fourth-order valence-electron chi connectivity index (χ4n) is 2.76. The topological polar surface area (TPSA) is 50.9 Å². The Morgan fingerprint density at radius 2 is 2.24 bits per heavy atom. The van der Waals surface area contributed by atoms with Crippen LogP contribution in [-0.2, 0) is 0 Å². The van der Waals surface area contributed by atoms with E-state index in [9.17, 15) is 0 Å². The largest absolute Gasteiger partial charge is 0.396 e. The summed E-state index contributed by atoms with van der Waals surface area (Å²) in [6, 6.07) is 3.98. The molecule has 1 aromatic heterocycles. The van der Waals surface area contributed by atoms with Crippen molar-refractivity contribution >= 4 is 23.1 Å². The molecule has 1 aliphatic rings. The first-order valence-electron chi connectivity index (χ1n) is 6.30. The minimum Gasteiger partial charge on any atom is -0.396 e. The number of hydrogen-bond acceptors (Lipinski definition) is 3. The molecule has 0 aliphatic heterocycles. The molecule has 3 nitrogen and oxygen atoms in total. The zero-order chi connectivity index (χ0) is 12.4. The van der Waals surface area contributed by atoms with Crippen molar-refractivity contribution in [3.63, 3.8) is 0 Å². The van der Waals surface area contributed by atoms with E-state index in [1.807, 2.05) is 0 Å². The second-order valence-electron chi connectivity index (χ2n) is 4.93. The van der Waals surface area contributed by atoms with Gasteiger partial charge in [-0.15, -0.1) is 0 Å². The zero-order valence-electron chi connectivity index (χ0n) is 10.4. The number of nitrogens with two attached hydrogens (primary N) is 1. The van der Waals surface area contributed by atoms with Gasteiger partial charge in [0, 0.05) is 6.04 Å². The fourth-order valence-corrected chi connectivity index (χ4v) is 2.91. The number of hydrogen-bond donors (Lipinski definition) is 2. The molecule has 2 rings (SSSR count). The van der Waals surface area contributed by atoms with Crippen LogP contribution in [0.4, 0.5) is 11.5 Å². The van der Waals surface area contributed by atoms with E-state index >= 15 is 0 Å². The van der Waals surface area contributed by atoms with E-state index < -0.39 is 0 Å². The van der Waals surface area contributed by atoms with Crippen molar-refractivity contribution in [1.82, 2.24) is 4.98 Å². The molecule has 1 aromatic rings. The highest BCUT2D eigenvalue weighted by Gasteiger charge is 2.31. The second-order valence-corrected chi connectivity index (χ2v) is 5.31. The molecule has 94 valence electrons. The fraction of sp³-hybridized carbons (Fsp3) is 0.615. The highest BCUT2D eigenvalue weighted by atomic mass is 35.5. The smallest absolute Gasteiger partial charge is 0.151 e. The van der Waals surface area contributed by atoms with Gasteiger partial charge in [0.25, 0.3) is 0 Å². The van der Waals surface area contributed by atoms with Gasteiger partial charge in [0.1, 0.15) is 5.15 Å². The van der Waals surface area contributed by atoms with Gasteiger partial charge in [-0.3, -0.25) is 0 Å². The normalized spacial score (nSPS) is 28.3. The molecule has 0 spiro atoms. The highest BCUT2D eigenvalue weighted by Crippen LogP contribution is 2.36. The maximum atomic E-state index is 5.90. The number of aromatic nitrogens is 1. The van der Waals surface area contributed by atoms with Crippen LogP contribution < -0.4 is 11.1 Å². The predicted molar refractivity (Wildman–Crippen MR) is 73.2 cm³/mol. The average molecular weight is 254 g/mol. The van der Waals surface area contributed by atoms with Gasteiger partial charge in [0.2, 0.25) is 0 Å². The molecule has 1 fully saturated rings. The summed E-state index contributed by atoms with van der Waals surface area (Å²) >= 11 is 5.89. The van der Waals surface area contributed by atoms with Crippen molar-refractivity contribution in [1.29, 1.82) is 0 Å². The number of rotatable bonds is 3. The van der Waals surface area contributed by atoms with E-state index in [1.165, 1.54) is 19.3 Å². The quantitative estimate of drug-likeness (QED) is 0.810. The van der Waals surface area contributed by atoms with E-state index in [-0.39, 0.29) is 0 Å². The van der Waals surface area contributed by atoms with Gasteiger partial charge in [-0.05, 0) is 36.8 Å². The van der Waals surface area contributed by atoms with E-state index in [4.69, 9.17) is 17.3 Å². The number of nitrogen functional groups attached to an aromatic ring is 1. The van der Waals surface area contributed by atoms with Gasteiger partial charge in [-0.25, -0.2) is 4.98 Å². The third-order valence-corrected chi connectivity index (χ3v) is 4.18. The summed E-state index contributed by atoms with van der Waals surface area (Å²) in [4.78, 5) is 4.25. The maximum Gasteiger partial charge on any atom is 0.151 e. The third-order valence-electron chi connectivity index (χ3n) is 3.97. The standard InChI is InChI=1S/C13H20ClN3/c1-3-9-4-6-11(8(9)2)16-13-10(15)5-7-12(14)17-13/h5,7-9,11H,3-4,6,15H2,1-2H3,(H,16,17). The summed E-state index contributed by atoms with van der Waals surface area (Å²) in [5.41, 5.74) is 6.56. The van der Waals surface area contributed by atoms with Crippen LogP contribution in [0.2, 0.25) is 5.15 Å². The van der Waals surface area contributed by atoms with E-state index in [0.717, 1.165) is 11.7 Å². The summed E-state index contributed by atoms with van der Waals surface area (Å²) < 4.78 is 0. The van der Waals surface area contributed by atoms with Crippen molar-refractivity contribution in [2.24, 2.45) is 11.8 Å². The second kappa shape index (κ2) is 5.13. The van der Waals surface area contributed by atoms with Crippen molar-refractivity contribution in [2.75, 3.05) is 11.1 Å². The van der Waals surface area contributed by atoms with Crippen molar-refractivity contribution in [2.45, 2.75) is 39.2 Å². The molecule has 3 N–H and O–H groups in total. The average Bonchev–Trinajstić information content (AvgIpc) is 2.65. The van der Waals surface area contributed by atoms with Crippen LogP contribution in [0.1, 0.15) is 33.1 Å². The Bertz CT molecular complexity index is 394. The highest BCUT2D eigenvalue weighted by molar-refractivity contribution is 6.29. The molecular weight excluding hydrogens is 234 g/mol. The van der Waals surface area contributed by atoms with Crippen LogP contribution in [0.25, 0.3) is 0 Å². The Hall–Kier alpha value is -0.960. The van der Waals surface area contributed by atoms with Crippen molar-refractivity contribution in [3.8, 4) is 0 Å². The molecule has 0 amide bonds. The number of halogens is 1. The Morgan fingerprint density at radius 1 is 1.47 bits per heavy atom. The van der Waals surface area contributed by atoms with Crippen LogP contribution in [0.5, 0.6) is 0 Å². The Kier molecular flexibility index (Phi) is 3.77. The monoisotopic (exact) mass is 253 g/mol. The van der Waals surface area contributed by atoms with Crippen molar-refractivity contribution in [3.05, 3.63) is 17.3 Å². The molecular formula is C13H20ClN3. The first-order valence-corrected chi connectivity index (χ1v) is 6.68. The first-order chi connectivity index (χ1) is 8.11. The summed E-state index contributed by atoms with van der Waals surface area (Å²) in [5.74, 6) is 2.21. The molecule has 3 atom stereocenters. The van der Waals surface area contributed by atoms with Gasteiger partial charge < -0.3 is 11.1 Å². The molecule has 0 aromatic carbocycles. The van der Waals surface area contributed by atoms with Crippen molar-refractivity contribution < 1.29 is 0 Å². The number of nitrogens with one attached hydrogen (secondary N) is 1. The molecule has 4 heteroatoms. The summed E-state index contributed by atoms with van der Waals surface area (Å²) in [6.45, 7) is 4.56. The summed E-state index contributed by atoms with van der Waals surface area (Å²) in [7, 11) is 0. The lowest BCUT2D eigenvalue weighted by Crippen LogP contribution is -2.25. The molecule has 1 aliphatic carbocycles. The van der Waals surface area contributed by atoms with Gasteiger partial charge in [-0.1, -0.05) is 31.9 Å². The lowest BCUT2D eigenvalue weighted by atomic mass is 9.93. The number of nitrogens with zero attached hydrogens (tertiary/aromatic N) is 1. The van der Waals surface area contributed by atoms with Crippen LogP contribution in [0.15, 0.2) is 12.1 Å². The number of anilines is 2. The Balaban J connectivity index is 2.09. The van der Waals surface area contributed by atoms with Gasteiger partial charge in [-0.2, -0.15) is 0 Å². The number of pyridine rings is 1. The van der Waals surface area contributed by atoms with Crippen LogP contribution in [0.3, 0.4) is 0 Å². The lowest BCUT2D eigenvalue weighted by molar-refractivity contribution is 0.391. The maximum absolute atomic E-state index is 5.90. The molecule has 1 saturated carbocycles.